The molecular formula is C15H24O4. The summed E-state index contributed by atoms with van der Waals surface area (Å²) in [6.45, 7) is 4.91. The fourth-order valence-corrected chi connectivity index (χ4v) is 1.80. The Morgan fingerprint density at radius 2 is 1.79 bits per heavy atom. The second kappa shape index (κ2) is 9.48. The monoisotopic (exact) mass is 268 g/mol. The molecule has 0 bridgehead atoms. The van der Waals surface area contributed by atoms with Crippen molar-refractivity contribution in [2.24, 2.45) is 5.92 Å². The Hall–Kier alpha value is -1.45. The van der Waals surface area contributed by atoms with E-state index in [1.165, 1.54) is 21.0 Å². The lowest BCUT2D eigenvalue weighted by molar-refractivity contribution is -0.148. The fraction of sp³-hybridized carbons (Fsp3) is 0.667. The van der Waals surface area contributed by atoms with Crippen LogP contribution in [0.1, 0.15) is 52.9 Å². The van der Waals surface area contributed by atoms with Crippen LogP contribution in [-0.2, 0) is 19.1 Å². The molecule has 0 aliphatic carbocycles. The highest BCUT2D eigenvalue weighted by Gasteiger charge is 2.26. The number of carbonyl (C=O) groups is 3. The van der Waals surface area contributed by atoms with E-state index < -0.39 is 11.9 Å². The van der Waals surface area contributed by atoms with Crippen molar-refractivity contribution in [1.29, 1.82) is 0 Å². The van der Waals surface area contributed by atoms with Gasteiger partial charge in [0.05, 0.1) is 7.11 Å². The first-order chi connectivity index (χ1) is 8.93. The summed E-state index contributed by atoms with van der Waals surface area (Å²) in [5, 5.41) is 0. The van der Waals surface area contributed by atoms with Gasteiger partial charge >= 0.3 is 5.97 Å². The molecule has 4 heteroatoms. The summed E-state index contributed by atoms with van der Waals surface area (Å²) in [5.74, 6) is -1.81. The summed E-state index contributed by atoms with van der Waals surface area (Å²) in [7, 11) is 1.25. The van der Waals surface area contributed by atoms with Gasteiger partial charge in [0.1, 0.15) is 11.7 Å². The van der Waals surface area contributed by atoms with Crippen LogP contribution in [0.25, 0.3) is 0 Å². The minimum atomic E-state index is -0.869. The van der Waals surface area contributed by atoms with Crippen LogP contribution in [-0.4, -0.2) is 24.6 Å². The van der Waals surface area contributed by atoms with Gasteiger partial charge in [-0.3, -0.25) is 14.4 Å². The number of unbranched alkanes of at least 4 members (excludes halogenated alkanes) is 3. The molecule has 4 nitrogen and oxygen atoms in total. The number of ketones is 2. The smallest absolute Gasteiger partial charge is 0.316 e. The largest absolute Gasteiger partial charge is 0.468 e. The van der Waals surface area contributed by atoms with E-state index in [0.717, 1.165) is 25.7 Å². The minimum absolute atomic E-state index is 0.0911. The Morgan fingerprint density at radius 1 is 1.16 bits per heavy atom. The molecule has 1 unspecified atom stereocenters. The Bertz CT molecular complexity index is 355. The van der Waals surface area contributed by atoms with Crippen molar-refractivity contribution >= 4 is 17.5 Å². The standard InChI is InChI=1S/C15H24O4/c1-5-6-7-8-9-13(11(2)16)10-14(12(3)17)15(18)19-4/h9,14H,5-8,10H2,1-4H3/b13-9-. The number of esters is 1. The van der Waals surface area contributed by atoms with Crippen LogP contribution >= 0.6 is 0 Å². The Labute approximate surface area is 115 Å². The maximum atomic E-state index is 11.5. The molecule has 0 saturated carbocycles. The second-order valence-corrected chi connectivity index (χ2v) is 4.67. The van der Waals surface area contributed by atoms with Crippen molar-refractivity contribution in [2.45, 2.75) is 52.9 Å². The number of carbonyl (C=O) groups excluding carboxylic acids is 3. The molecule has 0 fully saturated rings. The number of Topliss-reactive ketones (excluding diaryl/α,β-unsaturated/α-hetero) is 2. The predicted molar refractivity (Wildman–Crippen MR) is 73.7 cm³/mol. The first-order valence-electron chi connectivity index (χ1n) is 6.72. The van der Waals surface area contributed by atoms with Crippen LogP contribution in [0.3, 0.4) is 0 Å². The number of allylic oxidation sites excluding steroid dienone is 2. The number of hydrogen-bond donors (Lipinski definition) is 0. The minimum Gasteiger partial charge on any atom is -0.468 e. The molecule has 0 rings (SSSR count). The first kappa shape index (κ1) is 17.6. The molecule has 0 saturated heterocycles. The summed E-state index contributed by atoms with van der Waals surface area (Å²) in [4.78, 5) is 34.5. The lowest BCUT2D eigenvalue weighted by Gasteiger charge is -2.12. The third-order valence-corrected chi connectivity index (χ3v) is 3.05. The van der Waals surface area contributed by atoms with Crippen LogP contribution in [0.4, 0.5) is 0 Å². The van der Waals surface area contributed by atoms with E-state index in [0.29, 0.717) is 5.57 Å². The zero-order valence-electron chi connectivity index (χ0n) is 12.3. The van der Waals surface area contributed by atoms with E-state index in [9.17, 15) is 14.4 Å². The molecule has 0 spiro atoms. The summed E-state index contributed by atoms with van der Waals surface area (Å²) in [5.41, 5.74) is 0.543. The summed E-state index contributed by atoms with van der Waals surface area (Å²) in [6, 6.07) is 0. The van der Waals surface area contributed by atoms with Gasteiger partial charge in [0.25, 0.3) is 0 Å². The summed E-state index contributed by atoms with van der Waals surface area (Å²) in [6.07, 6.45) is 6.02. The van der Waals surface area contributed by atoms with Gasteiger partial charge in [-0.05, 0) is 38.7 Å². The molecule has 108 valence electrons. The molecule has 19 heavy (non-hydrogen) atoms. The molecule has 1 atom stereocenters. The van der Waals surface area contributed by atoms with Crippen molar-refractivity contribution in [3.63, 3.8) is 0 Å². The van der Waals surface area contributed by atoms with E-state index in [4.69, 9.17) is 0 Å². The van der Waals surface area contributed by atoms with Gasteiger partial charge in [-0.15, -0.1) is 0 Å². The van der Waals surface area contributed by atoms with Crippen molar-refractivity contribution in [3.05, 3.63) is 11.6 Å². The molecule has 0 amide bonds. The topological polar surface area (TPSA) is 60.4 Å². The van der Waals surface area contributed by atoms with E-state index in [1.807, 2.05) is 6.08 Å². The average molecular weight is 268 g/mol. The zero-order valence-corrected chi connectivity index (χ0v) is 12.3. The molecule has 0 aliphatic heterocycles. The SMILES string of the molecule is CCCCC/C=C(/CC(C(C)=O)C(=O)OC)C(C)=O. The van der Waals surface area contributed by atoms with Crippen molar-refractivity contribution in [2.75, 3.05) is 7.11 Å². The maximum Gasteiger partial charge on any atom is 0.316 e. The van der Waals surface area contributed by atoms with Crippen LogP contribution in [0.2, 0.25) is 0 Å². The quantitative estimate of drug-likeness (QED) is 0.279. The fourth-order valence-electron chi connectivity index (χ4n) is 1.80. The second-order valence-electron chi connectivity index (χ2n) is 4.67. The third kappa shape index (κ3) is 6.89. The van der Waals surface area contributed by atoms with Crippen molar-refractivity contribution in [3.8, 4) is 0 Å². The first-order valence-corrected chi connectivity index (χ1v) is 6.72. The van der Waals surface area contributed by atoms with Gasteiger partial charge in [-0.2, -0.15) is 0 Å². The highest BCUT2D eigenvalue weighted by Crippen LogP contribution is 2.17. The van der Waals surface area contributed by atoms with Crippen LogP contribution in [0.15, 0.2) is 11.6 Å². The zero-order chi connectivity index (χ0) is 14.8. The highest BCUT2D eigenvalue weighted by atomic mass is 16.5. The summed E-state index contributed by atoms with van der Waals surface area (Å²) >= 11 is 0. The van der Waals surface area contributed by atoms with E-state index in [1.54, 1.807) is 0 Å². The average Bonchev–Trinajstić information content (AvgIpc) is 2.36. The maximum absolute atomic E-state index is 11.5. The number of ether oxygens (including phenoxy) is 1. The van der Waals surface area contributed by atoms with Crippen LogP contribution in [0, 0.1) is 5.92 Å². The Balaban J connectivity index is 4.75. The lowest BCUT2D eigenvalue weighted by atomic mass is 9.93. The Morgan fingerprint density at radius 3 is 2.21 bits per heavy atom. The number of hydrogen-bond acceptors (Lipinski definition) is 4. The Kier molecular flexibility index (Phi) is 8.75. The van der Waals surface area contributed by atoms with Crippen LogP contribution in [0.5, 0.6) is 0 Å². The molecule has 0 aromatic heterocycles. The molecular weight excluding hydrogens is 244 g/mol. The third-order valence-electron chi connectivity index (χ3n) is 3.05. The van der Waals surface area contributed by atoms with Gasteiger partial charge in [-0.1, -0.05) is 25.8 Å². The number of rotatable bonds is 9. The molecule has 0 heterocycles. The predicted octanol–water partition coefficient (Wildman–Crippen LogP) is 2.85. The van der Waals surface area contributed by atoms with Crippen LogP contribution < -0.4 is 0 Å². The van der Waals surface area contributed by atoms with Gasteiger partial charge in [0.2, 0.25) is 0 Å². The van der Waals surface area contributed by atoms with Gasteiger partial charge in [-0.25, -0.2) is 0 Å². The number of methoxy groups -OCH3 is 1. The van der Waals surface area contributed by atoms with Gasteiger partial charge in [0.15, 0.2) is 5.78 Å². The van der Waals surface area contributed by atoms with Gasteiger partial charge in [0, 0.05) is 0 Å². The van der Waals surface area contributed by atoms with Crippen molar-refractivity contribution in [1.82, 2.24) is 0 Å². The van der Waals surface area contributed by atoms with Gasteiger partial charge < -0.3 is 4.74 Å². The molecule has 0 aromatic carbocycles. The lowest BCUT2D eigenvalue weighted by Crippen LogP contribution is -2.24. The summed E-state index contributed by atoms with van der Waals surface area (Å²) < 4.78 is 4.60. The molecule has 0 N–H and O–H groups in total. The molecule has 0 radical (unpaired) electrons. The van der Waals surface area contributed by atoms with E-state index in [-0.39, 0.29) is 18.0 Å². The van der Waals surface area contributed by atoms with Crippen molar-refractivity contribution < 1.29 is 19.1 Å². The molecule has 0 aromatic rings. The molecule has 0 aliphatic rings. The van der Waals surface area contributed by atoms with E-state index in [2.05, 4.69) is 11.7 Å². The van der Waals surface area contributed by atoms with E-state index >= 15 is 0 Å². The normalized spacial score (nSPS) is 12.9. The highest BCUT2D eigenvalue weighted by molar-refractivity contribution is 6.00.